The van der Waals surface area contributed by atoms with Gasteiger partial charge in [-0.25, -0.2) is 9.69 Å². The van der Waals surface area contributed by atoms with Crippen LogP contribution in [-0.2, 0) is 14.3 Å². The van der Waals surface area contributed by atoms with Crippen molar-refractivity contribution in [2.75, 3.05) is 4.90 Å². The van der Waals surface area contributed by atoms with Crippen LogP contribution in [0, 0.1) is 0 Å². The molecule has 2 saturated heterocycles. The number of nitrogens with zero attached hydrogens (tertiary/aromatic N) is 1. The maximum absolute atomic E-state index is 12.1. The Hall–Kier alpha value is -1.92. The summed E-state index contributed by atoms with van der Waals surface area (Å²) < 4.78 is 5.30. The van der Waals surface area contributed by atoms with Gasteiger partial charge in [0.2, 0.25) is 0 Å². The van der Waals surface area contributed by atoms with E-state index in [4.69, 9.17) is 21.4 Å². The Morgan fingerprint density at radius 1 is 1.25 bits per heavy atom. The highest BCUT2D eigenvalue weighted by Gasteiger charge is 2.47. The van der Waals surface area contributed by atoms with Crippen LogP contribution in [0.3, 0.4) is 0 Å². The van der Waals surface area contributed by atoms with Crippen LogP contribution in [-0.4, -0.2) is 35.1 Å². The van der Waals surface area contributed by atoms with Crippen LogP contribution >= 0.6 is 11.6 Å². The van der Waals surface area contributed by atoms with Gasteiger partial charge in [0.05, 0.1) is 16.3 Å². The van der Waals surface area contributed by atoms with Gasteiger partial charge in [-0.2, -0.15) is 0 Å². The maximum Gasteiger partial charge on any atom is 0.337 e. The second-order valence-corrected chi connectivity index (χ2v) is 5.08. The summed E-state index contributed by atoms with van der Waals surface area (Å²) in [5.74, 6) is -2.02. The Balaban J connectivity index is 2.00. The highest BCUT2D eigenvalue weighted by molar-refractivity contribution is 6.34. The van der Waals surface area contributed by atoms with Gasteiger partial charge in [-0.1, -0.05) is 11.6 Å². The number of hydrogen-bond donors (Lipinski definition) is 1. The lowest BCUT2D eigenvalue weighted by molar-refractivity contribution is -0.146. The van der Waals surface area contributed by atoms with Gasteiger partial charge < -0.3 is 9.84 Å². The number of anilines is 1. The number of benzene rings is 1. The standard InChI is InChI=1S/C13H10ClNO5/c14-8-5-6(1-2-7(8)13(18)19)15-11(16)9-3-4-10(20-9)12(15)17/h1-2,5,9-10H,3-4H2,(H,18,19). The van der Waals surface area contributed by atoms with Crippen molar-refractivity contribution in [3.8, 4) is 0 Å². The highest BCUT2D eigenvalue weighted by atomic mass is 35.5. The molecule has 2 amide bonds. The largest absolute Gasteiger partial charge is 0.478 e. The van der Waals surface area contributed by atoms with Crippen LogP contribution < -0.4 is 4.90 Å². The van der Waals surface area contributed by atoms with Gasteiger partial charge in [0.25, 0.3) is 11.8 Å². The molecule has 2 fully saturated rings. The molecule has 2 aliphatic rings. The number of amides is 2. The lowest BCUT2D eigenvalue weighted by Crippen LogP contribution is -2.52. The summed E-state index contributed by atoms with van der Waals surface area (Å²) in [4.78, 5) is 36.2. The van der Waals surface area contributed by atoms with Crippen molar-refractivity contribution in [3.05, 3.63) is 28.8 Å². The molecule has 0 aliphatic carbocycles. The summed E-state index contributed by atoms with van der Waals surface area (Å²) in [6.45, 7) is 0. The number of fused-ring (bicyclic) bond motifs is 2. The van der Waals surface area contributed by atoms with E-state index in [2.05, 4.69) is 0 Å². The first-order valence-corrected chi connectivity index (χ1v) is 6.43. The first-order chi connectivity index (χ1) is 9.49. The zero-order chi connectivity index (χ0) is 14.4. The first-order valence-electron chi connectivity index (χ1n) is 6.05. The molecule has 2 aliphatic heterocycles. The number of ether oxygens (including phenoxy) is 1. The van der Waals surface area contributed by atoms with Crippen molar-refractivity contribution >= 4 is 35.1 Å². The molecule has 20 heavy (non-hydrogen) atoms. The number of halogens is 1. The normalized spacial score (nSPS) is 25.1. The molecule has 2 bridgehead atoms. The minimum atomic E-state index is -1.17. The van der Waals surface area contributed by atoms with Crippen molar-refractivity contribution in [2.24, 2.45) is 0 Å². The molecule has 3 rings (SSSR count). The van der Waals surface area contributed by atoms with E-state index < -0.39 is 30.0 Å². The fourth-order valence-electron chi connectivity index (χ4n) is 2.47. The van der Waals surface area contributed by atoms with Crippen LogP contribution in [0.1, 0.15) is 23.2 Å². The van der Waals surface area contributed by atoms with Crippen LogP contribution in [0.15, 0.2) is 18.2 Å². The molecular weight excluding hydrogens is 286 g/mol. The van der Waals surface area contributed by atoms with E-state index in [-0.39, 0.29) is 16.3 Å². The number of carbonyl (C=O) groups excluding carboxylic acids is 2. The highest BCUT2D eigenvalue weighted by Crippen LogP contribution is 2.33. The Kier molecular flexibility index (Phi) is 2.99. The van der Waals surface area contributed by atoms with Crippen molar-refractivity contribution in [1.82, 2.24) is 0 Å². The molecule has 1 aromatic carbocycles. The molecule has 7 heteroatoms. The minimum absolute atomic E-state index is 0.0190. The molecule has 0 radical (unpaired) electrons. The van der Waals surface area contributed by atoms with Crippen LogP contribution in [0.25, 0.3) is 0 Å². The van der Waals surface area contributed by atoms with Gasteiger partial charge in [0.15, 0.2) is 0 Å². The number of imide groups is 1. The lowest BCUT2D eigenvalue weighted by Gasteiger charge is -2.30. The van der Waals surface area contributed by atoms with E-state index in [1.54, 1.807) is 0 Å². The molecule has 0 saturated carbocycles. The van der Waals surface area contributed by atoms with Gasteiger partial charge in [0, 0.05) is 0 Å². The SMILES string of the molecule is O=C(O)c1ccc(N2C(=O)C3CCC(O3)C2=O)cc1Cl. The third kappa shape index (κ3) is 1.88. The Morgan fingerprint density at radius 3 is 2.35 bits per heavy atom. The zero-order valence-electron chi connectivity index (χ0n) is 10.2. The molecule has 2 heterocycles. The number of hydrogen-bond acceptors (Lipinski definition) is 4. The number of carboxylic acid groups (broad SMARTS) is 1. The van der Waals surface area contributed by atoms with Crippen LogP contribution in [0.4, 0.5) is 5.69 Å². The number of carbonyl (C=O) groups is 3. The number of aromatic carboxylic acids is 1. The second kappa shape index (κ2) is 4.57. The number of carboxylic acids is 1. The number of rotatable bonds is 2. The Bertz CT molecular complexity index is 607. The summed E-state index contributed by atoms with van der Waals surface area (Å²) in [7, 11) is 0. The van der Waals surface area contributed by atoms with Crippen molar-refractivity contribution in [3.63, 3.8) is 0 Å². The average Bonchev–Trinajstić information content (AvgIpc) is 2.83. The monoisotopic (exact) mass is 295 g/mol. The van der Waals surface area contributed by atoms with E-state index in [0.29, 0.717) is 12.8 Å². The molecule has 2 atom stereocenters. The lowest BCUT2D eigenvalue weighted by atomic mass is 10.1. The van der Waals surface area contributed by atoms with E-state index in [1.165, 1.54) is 18.2 Å². The zero-order valence-corrected chi connectivity index (χ0v) is 11.0. The molecule has 1 aromatic rings. The molecule has 104 valence electrons. The number of morpholine rings is 1. The fourth-order valence-corrected chi connectivity index (χ4v) is 2.72. The molecule has 1 N–H and O–H groups in total. The Morgan fingerprint density at radius 2 is 1.85 bits per heavy atom. The second-order valence-electron chi connectivity index (χ2n) is 4.67. The van der Waals surface area contributed by atoms with Crippen molar-refractivity contribution in [2.45, 2.75) is 25.0 Å². The van der Waals surface area contributed by atoms with Crippen molar-refractivity contribution in [1.29, 1.82) is 0 Å². The Labute approximate surface area is 118 Å². The smallest absolute Gasteiger partial charge is 0.337 e. The van der Waals surface area contributed by atoms with E-state index in [0.717, 1.165) is 4.90 Å². The van der Waals surface area contributed by atoms with E-state index in [1.807, 2.05) is 0 Å². The predicted octanol–water partition coefficient (Wildman–Crippen LogP) is 1.46. The summed E-state index contributed by atoms with van der Waals surface area (Å²) in [5, 5.41) is 8.89. The first kappa shape index (κ1) is 13.1. The topological polar surface area (TPSA) is 83.9 Å². The van der Waals surface area contributed by atoms with Gasteiger partial charge in [-0.3, -0.25) is 9.59 Å². The van der Waals surface area contributed by atoms with Gasteiger partial charge in [0.1, 0.15) is 12.2 Å². The average molecular weight is 296 g/mol. The molecule has 6 nitrogen and oxygen atoms in total. The summed E-state index contributed by atoms with van der Waals surface area (Å²) >= 11 is 5.87. The molecule has 0 aromatic heterocycles. The van der Waals surface area contributed by atoms with Crippen LogP contribution in [0.5, 0.6) is 0 Å². The van der Waals surface area contributed by atoms with E-state index >= 15 is 0 Å². The third-order valence-corrected chi connectivity index (χ3v) is 3.77. The van der Waals surface area contributed by atoms with Gasteiger partial charge in [-0.05, 0) is 31.0 Å². The minimum Gasteiger partial charge on any atom is -0.478 e. The quantitative estimate of drug-likeness (QED) is 0.835. The van der Waals surface area contributed by atoms with E-state index in [9.17, 15) is 14.4 Å². The van der Waals surface area contributed by atoms with Crippen LogP contribution in [0.2, 0.25) is 5.02 Å². The maximum atomic E-state index is 12.1. The molecular formula is C13H10ClNO5. The summed E-state index contributed by atoms with van der Waals surface area (Å²) in [6.07, 6.45) is -0.162. The van der Waals surface area contributed by atoms with Gasteiger partial charge >= 0.3 is 5.97 Å². The summed E-state index contributed by atoms with van der Waals surface area (Å²) in [5.41, 5.74) is 0.196. The van der Waals surface area contributed by atoms with Gasteiger partial charge in [-0.15, -0.1) is 0 Å². The fraction of sp³-hybridized carbons (Fsp3) is 0.308. The molecule has 0 spiro atoms. The molecule has 2 unspecified atom stereocenters. The third-order valence-electron chi connectivity index (χ3n) is 3.45. The predicted molar refractivity (Wildman–Crippen MR) is 68.8 cm³/mol. The summed E-state index contributed by atoms with van der Waals surface area (Å²) in [6, 6.07) is 3.99. The van der Waals surface area contributed by atoms with Crippen molar-refractivity contribution < 1.29 is 24.2 Å².